The molecule has 0 fully saturated rings. The van der Waals surface area contributed by atoms with E-state index in [-0.39, 0.29) is 17.2 Å². The average molecular weight is 289 g/mol. The number of aromatic amines is 1. The van der Waals surface area contributed by atoms with Crippen molar-refractivity contribution in [3.63, 3.8) is 0 Å². The van der Waals surface area contributed by atoms with Crippen LogP contribution in [0.25, 0.3) is 16.4 Å². The molecular weight excluding hydrogens is 278 g/mol. The highest BCUT2D eigenvalue weighted by Crippen LogP contribution is 2.18. The van der Waals surface area contributed by atoms with Crippen molar-refractivity contribution < 1.29 is 4.79 Å². The van der Waals surface area contributed by atoms with Crippen molar-refractivity contribution in [2.24, 2.45) is 0 Å². The topological polar surface area (TPSA) is 67.2 Å². The van der Waals surface area contributed by atoms with E-state index in [0.717, 1.165) is 10.9 Å². The Labute approximate surface area is 124 Å². The van der Waals surface area contributed by atoms with Gasteiger partial charge in [-0.15, -0.1) is 0 Å². The van der Waals surface area contributed by atoms with Crippen LogP contribution in [-0.4, -0.2) is 20.4 Å². The summed E-state index contributed by atoms with van der Waals surface area (Å²) in [5.74, 6) is -0.201. The van der Waals surface area contributed by atoms with Crippen LogP contribution in [0.5, 0.6) is 0 Å². The molecule has 0 saturated heterocycles. The summed E-state index contributed by atoms with van der Waals surface area (Å²) >= 11 is 0. The Morgan fingerprint density at radius 3 is 2.55 bits per heavy atom. The first-order valence-electron chi connectivity index (χ1n) is 6.84. The Kier molecular flexibility index (Phi) is 2.66. The molecule has 4 aromatic rings. The monoisotopic (exact) mass is 289 g/mol. The first kappa shape index (κ1) is 12.5. The van der Waals surface area contributed by atoms with E-state index in [9.17, 15) is 9.59 Å². The van der Waals surface area contributed by atoms with Gasteiger partial charge >= 0.3 is 5.69 Å². The predicted molar refractivity (Wildman–Crippen MR) is 83.2 cm³/mol. The Bertz CT molecular complexity index is 1060. The van der Waals surface area contributed by atoms with Gasteiger partial charge in [-0.2, -0.15) is 9.61 Å². The largest absolute Gasteiger partial charge is 0.347 e. The molecule has 0 saturated carbocycles. The van der Waals surface area contributed by atoms with E-state index in [1.807, 2.05) is 30.3 Å². The normalized spacial score (nSPS) is 11.1. The zero-order valence-electron chi connectivity index (χ0n) is 11.5. The van der Waals surface area contributed by atoms with Crippen LogP contribution in [0.2, 0.25) is 0 Å². The van der Waals surface area contributed by atoms with Crippen molar-refractivity contribution in [3.8, 4) is 0 Å². The van der Waals surface area contributed by atoms with Crippen LogP contribution >= 0.6 is 0 Å². The number of carbonyl (C=O) groups excluding carboxylic acids is 1. The van der Waals surface area contributed by atoms with Crippen LogP contribution in [0.15, 0.2) is 65.5 Å². The van der Waals surface area contributed by atoms with Crippen molar-refractivity contribution in [2.75, 3.05) is 0 Å². The van der Waals surface area contributed by atoms with E-state index in [4.69, 9.17) is 0 Å². The second-order valence-electron chi connectivity index (χ2n) is 5.00. The van der Waals surface area contributed by atoms with E-state index < -0.39 is 0 Å². The SMILES string of the molecule is O=C(c1ccccc1)c1cc2c3ccccc3[nH]c(=O)n2n1. The van der Waals surface area contributed by atoms with Gasteiger partial charge in [0.1, 0.15) is 5.69 Å². The van der Waals surface area contributed by atoms with Crippen LogP contribution in [0.1, 0.15) is 16.1 Å². The highest BCUT2D eigenvalue weighted by Gasteiger charge is 2.15. The van der Waals surface area contributed by atoms with Crippen molar-refractivity contribution >= 4 is 22.2 Å². The molecule has 22 heavy (non-hydrogen) atoms. The zero-order valence-corrected chi connectivity index (χ0v) is 11.5. The lowest BCUT2D eigenvalue weighted by molar-refractivity contribution is 0.103. The second kappa shape index (κ2) is 4.66. The fourth-order valence-corrected chi connectivity index (χ4v) is 2.56. The number of nitrogens with zero attached hydrogens (tertiary/aromatic N) is 2. The Morgan fingerprint density at radius 1 is 1.00 bits per heavy atom. The molecule has 2 aromatic carbocycles. The molecule has 0 aliphatic carbocycles. The van der Waals surface area contributed by atoms with Gasteiger partial charge in [0.2, 0.25) is 5.78 Å². The quantitative estimate of drug-likeness (QED) is 0.576. The third-order valence-electron chi connectivity index (χ3n) is 3.61. The summed E-state index contributed by atoms with van der Waals surface area (Å²) in [6.07, 6.45) is 0. The number of aromatic nitrogens is 3. The van der Waals surface area contributed by atoms with Crippen LogP contribution < -0.4 is 5.69 Å². The number of para-hydroxylation sites is 1. The summed E-state index contributed by atoms with van der Waals surface area (Å²) in [5, 5.41) is 5.01. The van der Waals surface area contributed by atoms with E-state index in [2.05, 4.69) is 10.1 Å². The second-order valence-corrected chi connectivity index (χ2v) is 5.00. The highest BCUT2D eigenvalue weighted by molar-refractivity contribution is 6.09. The third kappa shape index (κ3) is 1.83. The zero-order chi connectivity index (χ0) is 15.1. The summed E-state index contributed by atoms with van der Waals surface area (Å²) in [6.45, 7) is 0. The van der Waals surface area contributed by atoms with E-state index in [1.165, 1.54) is 4.52 Å². The minimum Gasteiger partial charge on any atom is -0.305 e. The van der Waals surface area contributed by atoms with Crippen molar-refractivity contribution in [3.05, 3.63) is 82.4 Å². The summed E-state index contributed by atoms with van der Waals surface area (Å²) in [4.78, 5) is 27.3. The molecule has 0 atom stereocenters. The molecule has 0 aliphatic rings. The molecule has 2 aromatic heterocycles. The summed E-state index contributed by atoms with van der Waals surface area (Å²) in [7, 11) is 0. The third-order valence-corrected chi connectivity index (χ3v) is 3.61. The molecule has 0 spiro atoms. The van der Waals surface area contributed by atoms with Gasteiger partial charge < -0.3 is 4.98 Å². The number of benzene rings is 2. The van der Waals surface area contributed by atoms with Gasteiger partial charge in [-0.3, -0.25) is 4.79 Å². The molecule has 0 amide bonds. The Morgan fingerprint density at radius 2 is 1.73 bits per heavy atom. The minimum absolute atomic E-state index is 0.201. The van der Waals surface area contributed by atoms with Crippen molar-refractivity contribution in [1.29, 1.82) is 0 Å². The molecule has 0 unspecified atom stereocenters. The smallest absolute Gasteiger partial charge is 0.305 e. The number of fused-ring (bicyclic) bond motifs is 3. The van der Waals surface area contributed by atoms with E-state index in [0.29, 0.717) is 11.1 Å². The van der Waals surface area contributed by atoms with E-state index in [1.54, 1.807) is 30.3 Å². The number of hydrogen-bond donors (Lipinski definition) is 1. The fraction of sp³-hybridized carbons (Fsp3) is 0. The summed E-state index contributed by atoms with van der Waals surface area (Å²) < 4.78 is 1.23. The highest BCUT2D eigenvalue weighted by atomic mass is 16.1. The molecule has 4 rings (SSSR count). The van der Waals surface area contributed by atoms with Gasteiger partial charge in [-0.05, 0) is 12.1 Å². The van der Waals surface area contributed by atoms with Crippen molar-refractivity contribution in [2.45, 2.75) is 0 Å². The number of nitrogens with one attached hydrogen (secondary N) is 1. The number of hydrogen-bond acceptors (Lipinski definition) is 3. The van der Waals surface area contributed by atoms with Crippen LogP contribution in [0, 0.1) is 0 Å². The molecule has 1 N–H and O–H groups in total. The standard InChI is InChI=1S/C17H11N3O2/c21-16(11-6-2-1-3-7-11)14-10-15-12-8-4-5-9-13(12)18-17(22)20(15)19-14/h1-10H,(H,18,22). The number of H-pyrrole nitrogens is 1. The first-order valence-corrected chi connectivity index (χ1v) is 6.84. The Balaban J connectivity index is 1.98. The predicted octanol–water partition coefficient (Wildman–Crippen LogP) is 2.41. The lowest BCUT2D eigenvalue weighted by Crippen LogP contribution is -2.17. The first-order chi connectivity index (χ1) is 10.7. The molecule has 106 valence electrons. The van der Waals surface area contributed by atoms with Crippen LogP contribution in [-0.2, 0) is 0 Å². The summed E-state index contributed by atoms with van der Waals surface area (Å²) in [6, 6.07) is 18.0. The average Bonchev–Trinajstić information content (AvgIpc) is 3.01. The molecule has 0 radical (unpaired) electrons. The van der Waals surface area contributed by atoms with Gasteiger partial charge in [-0.25, -0.2) is 4.79 Å². The maximum Gasteiger partial charge on any atom is 0.347 e. The summed E-state index contributed by atoms with van der Waals surface area (Å²) in [5.41, 5.74) is 1.79. The van der Waals surface area contributed by atoms with E-state index >= 15 is 0 Å². The van der Waals surface area contributed by atoms with Gasteiger partial charge in [0.15, 0.2) is 0 Å². The molecule has 2 heterocycles. The number of ketones is 1. The van der Waals surface area contributed by atoms with Gasteiger partial charge in [0.05, 0.1) is 11.0 Å². The van der Waals surface area contributed by atoms with Gasteiger partial charge in [-0.1, -0.05) is 48.5 Å². The fourth-order valence-electron chi connectivity index (χ4n) is 2.56. The lowest BCUT2D eigenvalue weighted by Gasteiger charge is -1.98. The van der Waals surface area contributed by atoms with Gasteiger partial charge in [0.25, 0.3) is 0 Å². The maximum atomic E-state index is 12.5. The molecular formula is C17H11N3O2. The number of rotatable bonds is 2. The molecule has 5 nitrogen and oxygen atoms in total. The molecule has 0 bridgehead atoms. The number of carbonyl (C=O) groups is 1. The lowest BCUT2D eigenvalue weighted by atomic mass is 10.1. The minimum atomic E-state index is -0.360. The van der Waals surface area contributed by atoms with Crippen LogP contribution in [0.4, 0.5) is 0 Å². The van der Waals surface area contributed by atoms with Crippen LogP contribution in [0.3, 0.4) is 0 Å². The maximum absolute atomic E-state index is 12.5. The Hall–Kier alpha value is -3.21. The molecule has 0 aliphatic heterocycles. The van der Waals surface area contributed by atoms with Gasteiger partial charge in [0, 0.05) is 10.9 Å². The van der Waals surface area contributed by atoms with Crippen molar-refractivity contribution in [1.82, 2.24) is 14.6 Å². The molecule has 5 heteroatoms.